The molecule has 0 aliphatic carbocycles. The van der Waals surface area contributed by atoms with Gasteiger partial charge in [0.05, 0.1) is 0 Å². The average Bonchev–Trinajstić information content (AvgIpc) is 3.28. The molecule has 200 valence electrons. The van der Waals surface area contributed by atoms with Crippen LogP contribution in [0.2, 0.25) is 91.7 Å². The van der Waals surface area contributed by atoms with Crippen LogP contribution in [0.4, 0.5) is 0 Å². The molecule has 0 spiro atoms. The van der Waals surface area contributed by atoms with Crippen molar-refractivity contribution in [3.63, 3.8) is 0 Å². The Balaban J connectivity index is -0.0000000766. The zero-order valence-electron chi connectivity index (χ0n) is 25.6. The molecule has 34 heavy (non-hydrogen) atoms. The summed E-state index contributed by atoms with van der Waals surface area (Å²) < 4.78 is 9.89. The van der Waals surface area contributed by atoms with Gasteiger partial charge >= 0.3 is 46.1 Å². The molecule has 2 aliphatic rings. The van der Waals surface area contributed by atoms with Crippen molar-refractivity contribution < 1.29 is 43.4 Å². The Labute approximate surface area is 276 Å². The third kappa shape index (κ3) is 30.3. The second kappa shape index (κ2) is 24.5. The standard InChI is InChI=1S/2C7H21Si3.2C4H8O.2BrH.2Mg/c2*1-8(9(2,3)4)10(5,6)7;2*1-2-4-5-3-1;;;;/h2*1-7H3;2*1-4H2;2*1H;;/q2*-1;;;;;2*+2/p-2. The predicted molar refractivity (Wildman–Crippen MR) is 168 cm³/mol. The summed E-state index contributed by atoms with van der Waals surface area (Å²) in [4.78, 5) is 0. The van der Waals surface area contributed by atoms with Crippen LogP contribution in [0.15, 0.2) is 0 Å². The van der Waals surface area contributed by atoms with Crippen LogP contribution >= 0.6 is 0 Å². The molecule has 0 saturated carbocycles. The number of hydrogen-bond donors (Lipinski definition) is 0. The Morgan fingerprint density at radius 1 is 0.412 bits per heavy atom. The van der Waals surface area contributed by atoms with Crippen molar-refractivity contribution >= 4 is 92.1 Å². The maximum Gasteiger partial charge on any atom is 2.00 e. The van der Waals surface area contributed by atoms with Gasteiger partial charge in [-0.3, -0.25) is 15.7 Å². The first-order chi connectivity index (χ1) is 13.3. The average molecular weight is 732 g/mol. The van der Waals surface area contributed by atoms with Gasteiger partial charge in [-0.2, -0.15) is 13.1 Å². The minimum Gasteiger partial charge on any atom is -1.00 e. The van der Waals surface area contributed by atoms with Crippen molar-refractivity contribution in [1.82, 2.24) is 0 Å². The van der Waals surface area contributed by atoms with E-state index in [0.29, 0.717) is 0 Å². The van der Waals surface area contributed by atoms with E-state index < -0.39 is 30.4 Å². The monoisotopic (exact) mass is 728 g/mol. The van der Waals surface area contributed by atoms with Crippen LogP contribution in [-0.2, 0) is 9.47 Å². The summed E-state index contributed by atoms with van der Waals surface area (Å²) >= 11 is 0. The molecular formula is C22H58Br2Mg2O2Si6. The fourth-order valence-corrected chi connectivity index (χ4v) is 61.8. The van der Waals surface area contributed by atoms with Gasteiger partial charge in [0.25, 0.3) is 0 Å². The largest absolute Gasteiger partial charge is 2.00 e. The summed E-state index contributed by atoms with van der Waals surface area (Å²) in [5.74, 6) is 0. The van der Waals surface area contributed by atoms with Crippen LogP contribution in [-0.4, -0.2) is 119 Å². The molecule has 0 N–H and O–H groups in total. The van der Waals surface area contributed by atoms with Crippen LogP contribution in [0.25, 0.3) is 0 Å². The van der Waals surface area contributed by atoms with Gasteiger partial charge in [-0.1, -0.05) is 78.6 Å². The quantitative estimate of drug-likeness (QED) is 0.398. The minimum absolute atomic E-state index is 0. The molecule has 0 bridgehead atoms. The zero-order valence-corrected chi connectivity index (χ0v) is 37.6. The maximum atomic E-state index is 4.94. The minimum atomic E-state index is -0.732. The summed E-state index contributed by atoms with van der Waals surface area (Å²) in [6.45, 7) is 39.4. The van der Waals surface area contributed by atoms with Crippen LogP contribution < -0.4 is 34.0 Å². The van der Waals surface area contributed by atoms with E-state index in [0.717, 1.165) is 26.4 Å². The molecule has 12 heteroatoms. The van der Waals surface area contributed by atoms with Gasteiger partial charge in [0.2, 0.25) is 0 Å². The van der Waals surface area contributed by atoms with Gasteiger partial charge in [-0.05, 0) is 25.7 Å². The number of halogens is 2. The summed E-state index contributed by atoms with van der Waals surface area (Å²) in [5, 5.41) is 0. The molecule has 2 aliphatic heterocycles. The molecule has 0 aromatic rings. The van der Waals surface area contributed by atoms with Crippen molar-refractivity contribution in [1.29, 1.82) is 0 Å². The predicted octanol–water partition coefficient (Wildman–Crippen LogP) is 0.728. The van der Waals surface area contributed by atoms with Gasteiger partial charge in [0.15, 0.2) is 0 Å². The zero-order chi connectivity index (χ0) is 24.2. The molecule has 2 fully saturated rings. The first-order valence-electron chi connectivity index (χ1n) is 12.2. The molecule has 2 rings (SSSR count). The third-order valence-corrected chi connectivity index (χ3v) is 69.2. The van der Waals surface area contributed by atoms with Crippen molar-refractivity contribution in [3.8, 4) is 0 Å². The van der Waals surface area contributed by atoms with Crippen LogP contribution in [0.3, 0.4) is 0 Å². The Bertz CT molecular complexity index is 350. The molecule has 0 unspecified atom stereocenters. The molecule has 0 aromatic carbocycles. The summed E-state index contributed by atoms with van der Waals surface area (Å²) in [6, 6.07) is 0. The first-order valence-corrected chi connectivity index (χ1v) is 34.2. The molecular weight excluding hydrogens is 673 g/mol. The second-order valence-corrected chi connectivity index (χ2v) is 63.4. The van der Waals surface area contributed by atoms with Gasteiger partial charge in [0.1, 0.15) is 0 Å². The van der Waals surface area contributed by atoms with E-state index in [4.69, 9.17) is 9.47 Å². The smallest absolute Gasteiger partial charge is 1.00 e. The Morgan fingerprint density at radius 2 is 0.559 bits per heavy atom. The van der Waals surface area contributed by atoms with E-state index in [1.54, 1.807) is 0 Å². The maximum absolute atomic E-state index is 4.94. The molecule has 0 radical (unpaired) electrons. The SMILES string of the molecule is C1CCOC1.C1CCOC1.C[Si-]([Si](C)(C)C)[Si](C)(C)C.C[Si-]([Si](C)(C)C)[Si](C)(C)C.[Br-].[Br-].[Mg+2].[Mg+2]. The van der Waals surface area contributed by atoms with Gasteiger partial charge in [-0.15, -0.1) is 30.4 Å². The topological polar surface area (TPSA) is 18.5 Å². The van der Waals surface area contributed by atoms with E-state index in [2.05, 4.69) is 91.7 Å². The van der Waals surface area contributed by atoms with Crippen molar-refractivity contribution in [2.45, 2.75) is 117 Å². The summed E-state index contributed by atoms with van der Waals surface area (Å²) in [6.07, 6.45) is 5.11. The fraction of sp³-hybridized carbons (Fsp3) is 1.00. The molecule has 0 amide bonds. The van der Waals surface area contributed by atoms with Gasteiger partial charge < -0.3 is 43.4 Å². The fourth-order valence-electron chi connectivity index (χ4n) is 3.27. The molecule has 2 heterocycles. The number of ether oxygens (including phenoxy) is 2. The summed E-state index contributed by atoms with van der Waals surface area (Å²) in [7, 11) is -2.82. The molecule has 0 aromatic heterocycles. The van der Waals surface area contributed by atoms with E-state index in [1.807, 2.05) is 0 Å². The molecule has 2 nitrogen and oxygen atoms in total. The normalized spacial score (nSPS) is 15.5. The van der Waals surface area contributed by atoms with E-state index >= 15 is 0 Å². The Kier molecular flexibility index (Phi) is 36.4. The van der Waals surface area contributed by atoms with Gasteiger partial charge in [0, 0.05) is 26.4 Å². The van der Waals surface area contributed by atoms with Crippen molar-refractivity contribution in [3.05, 3.63) is 0 Å². The van der Waals surface area contributed by atoms with Crippen LogP contribution in [0.1, 0.15) is 25.7 Å². The first kappa shape index (κ1) is 50.5. The van der Waals surface area contributed by atoms with Crippen molar-refractivity contribution in [2.24, 2.45) is 0 Å². The van der Waals surface area contributed by atoms with Gasteiger partial charge in [-0.25, -0.2) is 0 Å². The number of hydrogen-bond acceptors (Lipinski definition) is 2. The Morgan fingerprint density at radius 3 is 0.588 bits per heavy atom. The summed E-state index contributed by atoms with van der Waals surface area (Å²) in [5.41, 5.74) is 0. The second-order valence-electron chi connectivity index (χ2n) is 12.9. The van der Waals surface area contributed by atoms with Crippen LogP contribution in [0.5, 0.6) is 0 Å². The number of rotatable bonds is 4. The van der Waals surface area contributed by atoms with E-state index in [9.17, 15) is 0 Å². The van der Waals surface area contributed by atoms with Crippen molar-refractivity contribution in [2.75, 3.05) is 26.4 Å². The third-order valence-electron chi connectivity index (χ3n) is 6.15. The van der Waals surface area contributed by atoms with Crippen LogP contribution in [0, 0.1) is 0 Å². The van der Waals surface area contributed by atoms with E-state index in [-0.39, 0.29) is 95.7 Å². The van der Waals surface area contributed by atoms with E-state index in [1.165, 1.54) is 25.7 Å². The molecule has 2 saturated heterocycles. The molecule has 0 atom stereocenters. The Hall–Kier alpha value is 3.71.